The quantitative estimate of drug-likeness (QED) is 0.196. The molecule has 0 amide bonds. The third-order valence-electron chi connectivity index (χ3n) is 5.33. The maximum Gasteiger partial charge on any atom is 0.336 e. The van der Waals surface area contributed by atoms with Crippen molar-refractivity contribution < 1.29 is 28.2 Å². The van der Waals surface area contributed by atoms with Gasteiger partial charge >= 0.3 is 5.97 Å². The standard InChI is InChI=1S/C22H39F3O3/c1-3-4-5-9-12-15-21(24,25)16-13-10-7-6-8-11-14-19(2)22(28,17-18-23)20(26)27/h11,14,19,28H,3-10,12-13,15-18H2,1-2H3,(H,26,27)/b14-11+/t19-,22-/m0/s1. The first-order valence-electron chi connectivity index (χ1n) is 10.8. The van der Waals surface area contributed by atoms with Crippen molar-refractivity contribution in [3.63, 3.8) is 0 Å². The van der Waals surface area contributed by atoms with Crippen LogP contribution in [0.2, 0.25) is 0 Å². The minimum atomic E-state index is -2.56. The fraction of sp³-hybridized carbons (Fsp3) is 0.864. The van der Waals surface area contributed by atoms with E-state index in [9.17, 15) is 23.1 Å². The summed E-state index contributed by atoms with van der Waals surface area (Å²) in [6, 6.07) is 0. The van der Waals surface area contributed by atoms with Gasteiger partial charge in [0.2, 0.25) is 5.92 Å². The number of rotatable bonds is 18. The number of aliphatic hydroxyl groups is 1. The largest absolute Gasteiger partial charge is 0.479 e. The molecule has 6 heteroatoms. The molecular weight excluding hydrogens is 369 g/mol. The molecule has 3 nitrogen and oxygen atoms in total. The first-order valence-corrected chi connectivity index (χ1v) is 10.8. The van der Waals surface area contributed by atoms with Gasteiger partial charge in [0.1, 0.15) is 0 Å². The van der Waals surface area contributed by atoms with E-state index in [0.29, 0.717) is 19.3 Å². The molecule has 0 aromatic rings. The minimum Gasteiger partial charge on any atom is -0.479 e. The first kappa shape index (κ1) is 27.0. The van der Waals surface area contributed by atoms with Crippen LogP contribution >= 0.6 is 0 Å². The molecule has 2 atom stereocenters. The Morgan fingerprint density at radius 3 is 2.00 bits per heavy atom. The van der Waals surface area contributed by atoms with Gasteiger partial charge in [0.15, 0.2) is 5.60 Å². The van der Waals surface area contributed by atoms with Crippen LogP contribution in [0.1, 0.15) is 97.3 Å². The van der Waals surface area contributed by atoms with E-state index in [1.54, 1.807) is 19.1 Å². The molecule has 28 heavy (non-hydrogen) atoms. The summed E-state index contributed by atoms with van der Waals surface area (Å²) < 4.78 is 40.0. The smallest absolute Gasteiger partial charge is 0.336 e. The predicted molar refractivity (Wildman–Crippen MR) is 108 cm³/mol. The first-order chi connectivity index (χ1) is 13.2. The monoisotopic (exact) mass is 408 g/mol. The number of allylic oxidation sites excluding steroid dienone is 1. The number of hydrogen-bond acceptors (Lipinski definition) is 2. The molecule has 2 N–H and O–H groups in total. The number of aliphatic carboxylic acids is 1. The van der Waals surface area contributed by atoms with Gasteiger partial charge in [0.05, 0.1) is 6.67 Å². The zero-order chi connectivity index (χ0) is 21.5. The SMILES string of the molecule is CCCCCCCC(F)(F)CCCCCC/C=C/[C@H](C)[C@@](O)(CCF)C(=O)O. The third kappa shape index (κ3) is 11.7. The van der Waals surface area contributed by atoms with Crippen LogP contribution in [-0.2, 0) is 4.79 Å². The van der Waals surface area contributed by atoms with Crippen molar-refractivity contribution in [1.29, 1.82) is 0 Å². The van der Waals surface area contributed by atoms with E-state index in [1.165, 1.54) is 0 Å². The van der Waals surface area contributed by atoms with Gasteiger partial charge in [0, 0.05) is 25.2 Å². The number of carboxylic acids is 1. The molecule has 0 rings (SSSR count). The fourth-order valence-electron chi connectivity index (χ4n) is 3.24. The van der Waals surface area contributed by atoms with Crippen molar-refractivity contribution >= 4 is 5.97 Å². The van der Waals surface area contributed by atoms with Gasteiger partial charge in [-0.25, -0.2) is 13.6 Å². The zero-order valence-corrected chi connectivity index (χ0v) is 17.6. The van der Waals surface area contributed by atoms with Crippen LogP contribution < -0.4 is 0 Å². The van der Waals surface area contributed by atoms with E-state index < -0.39 is 36.5 Å². The molecule has 0 heterocycles. The van der Waals surface area contributed by atoms with Gasteiger partial charge in [-0.1, -0.05) is 64.5 Å². The predicted octanol–water partition coefficient (Wildman–Crippen LogP) is 6.69. The summed E-state index contributed by atoms with van der Waals surface area (Å²) in [5.41, 5.74) is -2.09. The van der Waals surface area contributed by atoms with Crippen molar-refractivity contribution in [2.75, 3.05) is 6.67 Å². The molecule has 0 saturated heterocycles. The van der Waals surface area contributed by atoms with E-state index in [-0.39, 0.29) is 12.8 Å². The molecule has 0 aromatic carbocycles. The minimum absolute atomic E-state index is 0.0112. The van der Waals surface area contributed by atoms with E-state index in [2.05, 4.69) is 6.92 Å². The molecule has 0 aliphatic carbocycles. The molecule has 0 fully saturated rings. The van der Waals surface area contributed by atoms with E-state index >= 15 is 0 Å². The summed E-state index contributed by atoms with van der Waals surface area (Å²) >= 11 is 0. The molecule has 166 valence electrons. The Morgan fingerprint density at radius 2 is 1.50 bits per heavy atom. The van der Waals surface area contributed by atoms with Crippen molar-refractivity contribution in [2.45, 2.75) is 109 Å². The molecule has 0 bridgehead atoms. The average Bonchev–Trinajstić information content (AvgIpc) is 2.63. The summed E-state index contributed by atoms with van der Waals surface area (Å²) in [6.07, 6.45) is 11.2. The highest BCUT2D eigenvalue weighted by Crippen LogP contribution is 2.28. The highest BCUT2D eigenvalue weighted by molar-refractivity contribution is 5.77. The van der Waals surface area contributed by atoms with Gasteiger partial charge in [-0.2, -0.15) is 0 Å². The second-order valence-corrected chi connectivity index (χ2v) is 7.86. The van der Waals surface area contributed by atoms with Gasteiger partial charge in [-0.15, -0.1) is 0 Å². The normalized spacial score (nSPS) is 15.6. The van der Waals surface area contributed by atoms with Crippen LogP contribution in [0.15, 0.2) is 12.2 Å². The highest BCUT2D eigenvalue weighted by atomic mass is 19.3. The average molecular weight is 409 g/mol. The molecular formula is C22H39F3O3. The van der Waals surface area contributed by atoms with Gasteiger partial charge < -0.3 is 10.2 Å². The summed E-state index contributed by atoms with van der Waals surface area (Å²) in [7, 11) is 0. The Balaban J connectivity index is 3.90. The Kier molecular flexibility index (Phi) is 14.3. The lowest BCUT2D eigenvalue weighted by Gasteiger charge is -2.26. The lowest BCUT2D eigenvalue weighted by atomic mass is 9.85. The van der Waals surface area contributed by atoms with E-state index in [4.69, 9.17) is 5.11 Å². The maximum atomic E-state index is 13.8. The molecule has 0 radical (unpaired) electrons. The highest BCUT2D eigenvalue weighted by Gasteiger charge is 2.40. The number of hydrogen-bond donors (Lipinski definition) is 2. The summed E-state index contributed by atoms with van der Waals surface area (Å²) in [6.45, 7) is 2.75. The van der Waals surface area contributed by atoms with Crippen molar-refractivity contribution in [1.82, 2.24) is 0 Å². The molecule has 0 aromatic heterocycles. The number of alkyl halides is 3. The van der Waals surface area contributed by atoms with Gasteiger partial charge in [0.25, 0.3) is 0 Å². The second-order valence-electron chi connectivity index (χ2n) is 7.86. The van der Waals surface area contributed by atoms with Crippen LogP contribution in [0.5, 0.6) is 0 Å². The molecule has 0 aliphatic rings. The van der Waals surface area contributed by atoms with Gasteiger partial charge in [-0.3, -0.25) is 4.39 Å². The number of carboxylic acid groups (broad SMARTS) is 1. The number of halogens is 3. The van der Waals surface area contributed by atoms with Crippen LogP contribution in [0.25, 0.3) is 0 Å². The molecule has 0 saturated carbocycles. The Bertz CT molecular complexity index is 441. The lowest BCUT2D eigenvalue weighted by Crippen LogP contribution is -2.44. The van der Waals surface area contributed by atoms with Crippen LogP contribution in [-0.4, -0.2) is 34.4 Å². The van der Waals surface area contributed by atoms with Crippen molar-refractivity contribution in [2.24, 2.45) is 5.92 Å². The van der Waals surface area contributed by atoms with Crippen molar-refractivity contribution in [3.8, 4) is 0 Å². The topological polar surface area (TPSA) is 57.5 Å². The van der Waals surface area contributed by atoms with Crippen LogP contribution in [0, 0.1) is 5.92 Å². The second kappa shape index (κ2) is 14.9. The van der Waals surface area contributed by atoms with Crippen LogP contribution in [0.4, 0.5) is 13.2 Å². The lowest BCUT2D eigenvalue weighted by molar-refractivity contribution is -0.163. The molecule has 0 unspecified atom stereocenters. The van der Waals surface area contributed by atoms with Crippen LogP contribution in [0.3, 0.4) is 0 Å². The maximum absolute atomic E-state index is 13.8. The summed E-state index contributed by atoms with van der Waals surface area (Å²) in [5, 5.41) is 19.1. The summed E-state index contributed by atoms with van der Waals surface area (Å²) in [5.74, 6) is -4.68. The van der Waals surface area contributed by atoms with E-state index in [1.807, 2.05) is 0 Å². The number of unbranched alkanes of at least 4 members (excludes halogenated alkanes) is 8. The zero-order valence-electron chi connectivity index (χ0n) is 17.6. The Morgan fingerprint density at radius 1 is 0.964 bits per heavy atom. The van der Waals surface area contributed by atoms with E-state index in [0.717, 1.165) is 44.9 Å². The van der Waals surface area contributed by atoms with Crippen molar-refractivity contribution in [3.05, 3.63) is 12.2 Å². The number of carbonyl (C=O) groups is 1. The van der Waals surface area contributed by atoms with Gasteiger partial charge in [-0.05, 0) is 25.7 Å². The third-order valence-corrected chi connectivity index (χ3v) is 5.33. The molecule has 0 aliphatic heterocycles. The Hall–Kier alpha value is -1.04. The molecule has 0 spiro atoms. The fourth-order valence-corrected chi connectivity index (χ4v) is 3.24. The summed E-state index contributed by atoms with van der Waals surface area (Å²) in [4.78, 5) is 11.1. The Labute approximate surface area is 168 Å².